The fourth-order valence-corrected chi connectivity index (χ4v) is 2.44. The first kappa shape index (κ1) is 18.4. The summed E-state index contributed by atoms with van der Waals surface area (Å²) in [7, 11) is 0. The van der Waals surface area contributed by atoms with Crippen molar-refractivity contribution in [1.82, 2.24) is 5.32 Å². The van der Waals surface area contributed by atoms with Crippen LogP contribution in [0.4, 0.5) is 13.2 Å². The second kappa shape index (κ2) is 7.49. The Balaban J connectivity index is 1.69. The molecule has 0 saturated carbocycles. The number of alkyl halides is 3. The molecule has 0 saturated heterocycles. The third kappa shape index (κ3) is 4.44. The van der Waals surface area contributed by atoms with Crippen molar-refractivity contribution < 1.29 is 27.2 Å². The van der Waals surface area contributed by atoms with E-state index in [1.54, 1.807) is 30.3 Å². The molecule has 1 N–H and O–H groups in total. The van der Waals surface area contributed by atoms with E-state index in [-0.39, 0.29) is 29.4 Å². The smallest absolute Gasteiger partial charge is 0.416 e. The molecule has 0 spiro atoms. The van der Waals surface area contributed by atoms with Gasteiger partial charge in [0, 0.05) is 11.1 Å². The summed E-state index contributed by atoms with van der Waals surface area (Å²) in [6.07, 6.45) is -4.47. The molecule has 0 aliphatic rings. The normalized spacial score (nSPS) is 11.2. The van der Waals surface area contributed by atoms with E-state index < -0.39 is 17.6 Å². The first-order chi connectivity index (χ1) is 12.8. The van der Waals surface area contributed by atoms with Crippen LogP contribution in [-0.4, -0.2) is 18.2 Å². The van der Waals surface area contributed by atoms with Gasteiger partial charge in [0.15, 0.2) is 11.5 Å². The number of rotatable bonds is 5. The maximum absolute atomic E-state index is 12.8. The Labute approximate surface area is 152 Å². The Hall–Kier alpha value is -3.35. The zero-order valence-corrected chi connectivity index (χ0v) is 13.9. The van der Waals surface area contributed by atoms with Gasteiger partial charge in [0.1, 0.15) is 5.76 Å². The first-order valence-corrected chi connectivity index (χ1v) is 7.98. The molecule has 7 heteroatoms. The molecule has 1 aromatic heterocycles. The first-order valence-electron chi connectivity index (χ1n) is 7.98. The summed E-state index contributed by atoms with van der Waals surface area (Å²) in [6.45, 7) is -0.220. The zero-order valence-electron chi connectivity index (χ0n) is 13.9. The number of ketones is 1. The van der Waals surface area contributed by atoms with E-state index in [9.17, 15) is 22.8 Å². The van der Waals surface area contributed by atoms with Gasteiger partial charge in [-0.15, -0.1) is 0 Å². The molecule has 0 atom stereocenters. The number of benzene rings is 2. The van der Waals surface area contributed by atoms with Crippen molar-refractivity contribution in [3.05, 3.63) is 83.6 Å². The minimum absolute atomic E-state index is 0.0942. The zero-order chi connectivity index (χ0) is 19.4. The number of hydrogen-bond acceptors (Lipinski definition) is 3. The highest BCUT2D eigenvalue weighted by Gasteiger charge is 2.30. The monoisotopic (exact) mass is 373 g/mol. The third-order valence-electron chi connectivity index (χ3n) is 3.81. The quantitative estimate of drug-likeness (QED) is 0.666. The number of halogens is 3. The topological polar surface area (TPSA) is 59.3 Å². The molecule has 0 aliphatic carbocycles. The third-order valence-corrected chi connectivity index (χ3v) is 3.81. The molecule has 0 bridgehead atoms. The van der Waals surface area contributed by atoms with Crippen molar-refractivity contribution in [2.75, 3.05) is 6.54 Å². The molecule has 0 fully saturated rings. The lowest BCUT2D eigenvalue weighted by molar-refractivity contribution is -0.137. The van der Waals surface area contributed by atoms with Crippen molar-refractivity contribution in [1.29, 1.82) is 0 Å². The van der Waals surface area contributed by atoms with Crippen LogP contribution in [0.5, 0.6) is 0 Å². The highest BCUT2D eigenvalue weighted by atomic mass is 19.4. The molecular formula is C20H14F3NO3. The van der Waals surface area contributed by atoms with E-state index in [4.69, 9.17) is 4.42 Å². The van der Waals surface area contributed by atoms with Gasteiger partial charge in [-0.25, -0.2) is 0 Å². The predicted molar refractivity (Wildman–Crippen MR) is 92.3 cm³/mol. The largest absolute Gasteiger partial charge is 0.451 e. The van der Waals surface area contributed by atoms with Crippen LogP contribution in [0, 0.1) is 0 Å². The second-order valence-electron chi connectivity index (χ2n) is 5.71. The fraction of sp³-hybridized carbons (Fsp3) is 0.100. The van der Waals surface area contributed by atoms with Crippen molar-refractivity contribution in [2.45, 2.75) is 6.18 Å². The number of Topliss-reactive ketones (excluding diaryl/α,β-unsaturated/α-hetero) is 1. The molecule has 1 heterocycles. The second-order valence-corrected chi connectivity index (χ2v) is 5.71. The van der Waals surface area contributed by atoms with Crippen LogP contribution < -0.4 is 5.32 Å². The maximum atomic E-state index is 12.8. The molecule has 27 heavy (non-hydrogen) atoms. The van der Waals surface area contributed by atoms with Gasteiger partial charge < -0.3 is 9.73 Å². The number of nitrogens with one attached hydrogen (secondary N) is 1. The lowest BCUT2D eigenvalue weighted by Gasteiger charge is -2.07. The highest BCUT2D eigenvalue weighted by molar-refractivity contribution is 6.01. The van der Waals surface area contributed by atoms with Gasteiger partial charge in [0.2, 0.25) is 0 Å². The maximum Gasteiger partial charge on any atom is 0.416 e. The Morgan fingerprint density at radius 1 is 0.926 bits per heavy atom. The van der Waals surface area contributed by atoms with E-state index in [0.717, 1.165) is 12.1 Å². The van der Waals surface area contributed by atoms with Crippen molar-refractivity contribution >= 4 is 11.7 Å². The summed E-state index contributed by atoms with van der Waals surface area (Å²) in [5.41, 5.74) is -0.151. The number of amides is 1. The van der Waals surface area contributed by atoms with Gasteiger partial charge in [-0.05, 0) is 24.3 Å². The Morgan fingerprint density at radius 2 is 1.67 bits per heavy atom. The van der Waals surface area contributed by atoms with Crippen molar-refractivity contribution in [3.63, 3.8) is 0 Å². The van der Waals surface area contributed by atoms with E-state index in [2.05, 4.69) is 5.32 Å². The van der Waals surface area contributed by atoms with Gasteiger partial charge in [-0.2, -0.15) is 13.2 Å². The van der Waals surface area contributed by atoms with Gasteiger partial charge >= 0.3 is 6.18 Å². The Morgan fingerprint density at radius 3 is 2.37 bits per heavy atom. The average molecular weight is 373 g/mol. The molecule has 138 valence electrons. The summed E-state index contributed by atoms with van der Waals surface area (Å²) in [5.74, 6) is -0.866. The molecule has 4 nitrogen and oxygen atoms in total. The summed E-state index contributed by atoms with van der Waals surface area (Å²) >= 11 is 0. The van der Waals surface area contributed by atoms with E-state index in [1.807, 2.05) is 0 Å². The Bertz CT molecular complexity index is 962. The van der Waals surface area contributed by atoms with Crippen molar-refractivity contribution in [2.24, 2.45) is 0 Å². The SMILES string of the molecule is O=C(CNC(=O)c1ccc(-c2cccc(C(F)(F)F)c2)o1)c1ccccc1. The minimum atomic E-state index is -4.47. The molecular weight excluding hydrogens is 359 g/mol. The molecule has 0 aliphatic heterocycles. The van der Waals surface area contributed by atoms with Crippen LogP contribution in [0.1, 0.15) is 26.5 Å². The lowest BCUT2D eigenvalue weighted by atomic mass is 10.1. The van der Waals surface area contributed by atoms with Crippen LogP contribution in [0.3, 0.4) is 0 Å². The predicted octanol–water partition coefficient (Wildman–Crippen LogP) is 4.58. The lowest BCUT2D eigenvalue weighted by Crippen LogP contribution is -2.29. The highest BCUT2D eigenvalue weighted by Crippen LogP contribution is 2.32. The van der Waals surface area contributed by atoms with Gasteiger partial charge in [0.05, 0.1) is 12.1 Å². The van der Waals surface area contributed by atoms with Gasteiger partial charge in [-0.1, -0.05) is 42.5 Å². The van der Waals surface area contributed by atoms with Crippen LogP contribution >= 0.6 is 0 Å². The molecule has 0 radical (unpaired) electrons. The number of furan rings is 1. The Kier molecular flexibility index (Phi) is 5.12. The summed E-state index contributed by atoms with van der Waals surface area (Å²) in [6, 6.07) is 15.8. The van der Waals surface area contributed by atoms with Crippen LogP contribution in [0.2, 0.25) is 0 Å². The molecule has 3 rings (SSSR count). The van der Waals surface area contributed by atoms with E-state index >= 15 is 0 Å². The number of carbonyl (C=O) groups excluding carboxylic acids is 2. The summed E-state index contributed by atoms with van der Waals surface area (Å²) in [5, 5.41) is 2.44. The van der Waals surface area contributed by atoms with Crippen LogP contribution in [-0.2, 0) is 6.18 Å². The van der Waals surface area contributed by atoms with Crippen LogP contribution in [0.15, 0.2) is 71.1 Å². The standard InChI is InChI=1S/C20H14F3NO3/c21-20(22,23)15-8-4-7-14(11-15)17-9-10-18(27-17)19(26)24-12-16(25)13-5-2-1-3-6-13/h1-11H,12H2,(H,24,26). The van der Waals surface area contributed by atoms with Crippen molar-refractivity contribution in [3.8, 4) is 11.3 Å². The average Bonchev–Trinajstić information content (AvgIpc) is 3.16. The van der Waals surface area contributed by atoms with Gasteiger partial charge in [-0.3, -0.25) is 9.59 Å². The van der Waals surface area contributed by atoms with E-state index in [1.165, 1.54) is 24.3 Å². The molecule has 1 amide bonds. The fourth-order valence-electron chi connectivity index (χ4n) is 2.44. The molecule has 3 aromatic rings. The van der Waals surface area contributed by atoms with Gasteiger partial charge in [0.25, 0.3) is 5.91 Å². The van der Waals surface area contributed by atoms with E-state index in [0.29, 0.717) is 5.56 Å². The molecule has 0 unspecified atom stereocenters. The summed E-state index contributed by atoms with van der Waals surface area (Å²) in [4.78, 5) is 24.1. The van der Waals surface area contributed by atoms with Crippen LogP contribution in [0.25, 0.3) is 11.3 Å². The summed E-state index contributed by atoms with van der Waals surface area (Å²) < 4.78 is 43.8. The number of hydrogen-bond donors (Lipinski definition) is 1. The molecule has 2 aromatic carbocycles. The number of carbonyl (C=O) groups is 2. The minimum Gasteiger partial charge on any atom is -0.451 e.